The summed E-state index contributed by atoms with van der Waals surface area (Å²) in [6.07, 6.45) is 0. The Bertz CT molecular complexity index is 9190. The van der Waals surface area contributed by atoms with Crippen molar-refractivity contribution in [1.82, 2.24) is 0 Å². The van der Waals surface area contributed by atoms with Crippen LogP contribution in [-0.2, 0) is 0 Å². The molecule has 0 aliphatic carbocycles. The van der Waals surface area contributed by atoms with Gasteiger partial charge in [-0.15, -0.1) is 0 Å². The smallest absolute Gasteiger partial charge is 0.000139 e. The minimum Gasteiger partial charge on any atom is -0.0622 e. The first-order valence-electron chi connectivity index (χ1n) is 49.7. The molecule has 0 amide bonds. The molecule has 0 aliphatic heterocycles. The molecule has 28 rings (SSSR count). The summed E-state index contributed by atoms with van der Waals surface area (Å²) in [6, 6.07) is 197. The fourth-order valence-electron chi connectivity index (χ4n) is 22.7. The zero-order valence-electron chi connectivity index (χ0n) is 79.9. The van der Waals surface area contributed by atoms with E-state index < -0.39 is 0 Å². The standard InChI is InChI=1S/C42H28.C35H24.C34H22.C32H24/c1-5-17-29(18-6-1)37-33-25-13-14-26-34(33)39(31-21-9-3-10-22-31)42-40(32-23-11-4-12-24-32)36-28-16-15-27-35(36)38(41(37)42)30-19-7-2-8-20-30;1-23-14-19-32-33(20-23)35(29-18-16-25-9-3-5-11-27(25)22-29)31-13-7-6-12-30(31)34(32)28-17-15-24-8-2-4-10-26(24)21-28;1-3-11-25-21-27(19-17-23(25)9-1)33-29-13-5-7-15-31(29)34(32-16-8-6-14-30(32)33)28-20-18-24-10-2-4-12-26(24)22-28;1-21-11-15-23(16-12-21)31-27-9-5-6-10-28(27)32(24-17-13-22(2)14-18-24)30-20-26-8-4-3-7-25(26)19-29(30)31/h1-28H;2-22H,1H3;1-22H;3-20H,1-2H3. The van der Waals surface area contributed by atoms with Crippen LogP contribution >= 0.6 is 0 Å². The van der Waals surface area contributed by atoms with Crippen LogP contribution in [0.4, 0.5) is 0 Å². The van der Waals surface area contributed by atoms with Gasteiger partial charge in [-0.2, -0.15) is 0 Å². The number of rotatable bonds is 10. The Morgan fingerprint density at radius 2 is 0.252 bits per heavy atom. The monoisotopic (exact) mass is 1810 g/mol. The lowest BCUT2D eigenvalue weighted by molar-refractivity contribution is 1.47. The summed E-state index contributed by atoms with van der Waals surface area (Å²) in [5.74, 6) is 0. The third-order valence-electron chi connectivity index (χ3n) is 29.3. The minimum atomic E-state index is 1.23. The Morgan fingerprint density at radius 3 is 0.497 bits per heavy atom. The van der Waals surface area contributed by atoms with Gasteiger partial charge >= 0.3 is 0 Å². The van der Waals surface area contributed by atoms with Gasteiger partial charge in [-0.1, -0.05) is 520 Å². The molecule has 0 fully saturated rings. The SMILES string of the molecule is Cc1ccc(-c2c3ccccc3c(-c3ccc(C)cc3)c3cc4ccccc4cc23)cc1.Cc1ccc2c(-c3ccc4ccccc4c3)c3ccccc3c(-c3ccc4ccccc4c3)c2c1.c1ccc(-c2c3ccccc3c(-c3ccccc3)c3c(-c4ccccc4)c4ccccc4c(-c4ccccc4)c23)cc1.c1ccc2cc(-c3c4ccccc4c(-c4ccc5ccccc5c4)c4ccccc34)ccc2c1. The van der Waals surface area contributed by atoms with Crippen LogP contribution in [0.2, 0.25) is 0 Å². The van der Waals surface area contributed by atoms with Gasteiger partial charge in [-0.3, -0.25) is 0 Å². The summed E-state index contributed by atoms with van der Waals surface area (Å²) in [6.45, 7) is 6.48. The molecule has 0 unspecified atom stereocenters. The molecule has 0 nitrogen and oxygen atoms in total. The number of benzene rings is 28. The molecule has 143 heavy (non-hydrogen) atoms. The molecule has 0 aromatic heterocycles. The number of aryl methyl sites for hydroxylation is 3. The van der Waals surface area contributed by atoms with E-state index in [9.17, 15) is 0 Å². The van der Waals surface area contributed by atoms with Crippen LogP contribution < -0.4 is 0 Å². The van der Waals surface area contributed by atoms with Gasteiger partial charge in [0.15, 0.2) is 0 Å². The zero-order chi connectivity index (χ0) is 95.4. The van der Waals surface area contributed by atoms with Crippen LogP contribution in [0, 0.1) is 20.8 Å². The van der Waals surface area contributed by atoms with E-state index in [2.05, 4.69) is 561 Å². The maximum atomic E-state index is 2.38. The van der Waals surface area contributed by atoms with Gasteiger partial charge in [0.2, 0.25) is 0 Å². The third kappa shape index (κ3) is 15.9. The summed E-state index contributed by atoms with van der Waals surface area (Å²) in [4.78, 5) is 0. The molecule has 0 atom stereocenters. The molecule has 28 aromatic rings. The van der Waals surface area contributed by atoms with Crippen molar-refractivity contribution in [2.75, 3.05) is 0 Å². The van der Waals surface area contributed by atoms with Gasteiger partial charge in [0.05, 0.1) is 0 Å². The molecule has 0 bridgehead atoms. The van der Waals surface area contributed by atoms with Crippen molar-refractivity contribution in [3.8, 4) is 111 Å². The second-order valence-electron chi connectivity index (χ2n) is 38.0. The van der Waals surface area contributed by atoms with Crippen molar-refractivity contribution in [1.29, 1.82) is 0 Å². The lowest BCUT2D eigenvalue weighted by atomic mass is 9.77. The third-order valence-corrected chi connectivity index (χ3v) is 29.3. The van der Waals surface area contributed by atoms with Crippen LogP contribution in [0.25, 0.3) is 262 Å². The molecular weight excluding hydrogens is 1720 g/mol. The molecule has 28 aromatic carbocycles. The largest absolute Gasteiger partial charge is 0.0622 e. The average molecular weight is 1820 g/mol. The number of hydrogen-bond donors (Lipinski definition) is 0. The number of hydrogen-bond acceptors (Lipinski definition) is 0. The highest BCUT2D eigenvalue weighted by atomic mass is 14.3. The van der Waals surface area contributed by atoms with E-state index in [1.54, 1.807) is 0 Å². The summed E-state index contributed by atoms with van der Waals surface area (Å²) >= 11 is 0. The quantitative estimate of drug-likeness (QED) is 0.120. The Hall–Kier alpha value is -18.2. The average Bonchev–Trinajstić information content (AvgIpc) is 0.695. The van der Waals surface area contributed by atoms with E-state index in [-0.39, 0.29) is 0 Å². The molecule has 0 saturated carbocycles. The van der Waals surface area contributed by atoms with Crippen molar-refractivity contribution in [3.63, 3.8) is 0 Å². The van der Waals surface area contributed by atoms with Gasteiger partial charge in [0.25, 0.3) is 0 Å². The van der Waals surface area contributed by atoms with Gasteiger partial charge in [-0.05, 0) is 319 Å². The highest BCUT2D eigenvalue weighted by molar-refractivity contribution is 6.35. The maximum Gasteiger partial charge on any atom is -0.000139 e. The lowest BCUT2D eigenvalue weighted by Gasteiger charge is -2.25. The summed E-state index contributed by atoms with van der Waals surface area (Å²) in [5.41, 5.74) is 29.3. The molecule has 0 N–H and O–H groups in total. The van der Waals surface area contributed by atoms with Crippen molar-refractivity contribution >= 4 is 151 Å². The van der Waals surface area contributed by atoms with E-state index in [4.69, 9.17) is 0 Å². The Morgan fingerprint density at radius 1 is 0.0909 bits per heavy atom. The molecule has 670 valence electrons. The van der Waals surface area contributed by atoms with Gasteiger partial charge < -0.3 is 0 Å². The van der Waals surface area contributed by atoms with Crippen LogP contribution in [-0.4, -0.2) is 0 Å². The van der Waals surface area contributed by atoms with E-state index >= 15 is 0 Å². The van der Waals surface area contributed by atoms with Crippen molar-refractivity contribution < 1.29 is 0 Å². The van der Waals surface area contributed by atoms with E-state index in [1.807, 2.05) is 0 Å². The highest BCUT2D eigenvalue weighted by Crippen LogP contribution is 2.56. The fourth-order valence-corrected chi connectivity index (χ4v) is 22.7. The van der Waals surface area contributed by atoms with Crippen molar-refractivity contribution in [3.05, 3.63) is 557 Å². The molecular formula is C143H98. The van der Waals surface area contributed by atoms with Gasteiger partial charge in [0.1, 0.15) is 0 Å². The van der Waals surface area contributed by atoms with Crippen LogP contribution in [0.3, 0.4) is 0 Å². The molecule has 0 heteroatoms. The van der Waals surface area contributed by atoms with E-state index in [1.165, 1.54) is 279 Å². The molecule has 0 radical (unpaired) electrons. The van der Waals surface area contributed by atoms with Crippen LogP contribution in [0.15, 0.2) is 540 Å². The topological polar surface area (TPSA) is 0 Å². The first-order chi connectivity index (χ1) is 70.7. The summed E-state index contributed by atoms with van der Waals surface area (Å²) in [5, 5.41) is 35.9. The predicted octanol–water partition coefficient (Wildman–Crippen LogP) is 40.5. The Kier molecular flexibility index (Phi) is 22.5. The van der Waals surface area contributed by atoms with Crippen LogP contribution in [0.5, 0.6) is 0 Å². The fraction of sp³-hybridized carbons (Fsp3) is 0.0210. The normalized spacial score (nSPS) is 11.5. The Balaban J connectivity index is 0.000000101. The lowest BCUT2D eigenvalue weighted by Crippen LogP contribution is -1.97. The highest BCUT2D eigenvalue weighted by Gasteiger charge is 2.28. The second-order valence-corrected chi connectivity index (χ2v) is 38.0. The van der Waals surface area contributed by atoms with Gasteiger partial charge in [0, 0.05) is 0 Å². The maximum absolute atomic E-state index is 2.38. The van der Waals surface area contributed by atoms with E-state index in [0.717, 1.165) is 0 Å². The molecule has 0 saturated heterocycles. The van der Waals surface area contributed by atoms with Crippen molar-refractivity contribution in [2.45, 2.75) is 20.8 Å². The summed E-state index contributed by atoms with van der Waals surface area (Å²) in [7, 11) is 0. The number of fused-ring (bicyclic) bond motifs is 14. The molecule has 0 heterocycles. The first kappa shape index (κ1) is 86.4. The van der Waals surface area contributed by atoms with Crippen molar-refractivity contribution in [2.24, 2.45) is 0 Å². The van der Waals surface area contributed by atoms with Gasteiger partial charge in [-0.25, -0.2) is 0 Å². The second kappa shape index (κ2) is 37.3. The summed E-state index contributed by atoms with van der Waals surface area (Å²) < 4.78 is 0. The predicted molar refractivity (Wildman–Crippen MR) is 619 cm³/mol. The molecule has 0 spiro atoms. The Labute approximate surface area is 833 Å². The first-order valence-corrected chi connectivity index (χ1v) is 49.7. The van der Waals surface area contributed by atoms with E-state index in [0.29, 0.717) is 0 Å². The van der Waals surface area contributed by atoms with Crippen LogP contribution in [0.1, 0.15) is 16.7 Å². The zero-order valence-corrected chi connectivity index (χ0v) is 79.9. The molecule has 0 aliphatic rings. The minimum absolute atomic E-state index is 1.23.